The summed E-state index contributed by atoms with van der Waals surface area (Å²) in [6.45, 7) is 16.4. The van der Waals surface area contributed by atoms with Gasteiger partial charge in [0, 0.05) is 12.8 Å². The van der Waals surface area contributed by atoms with Gasteiger partial charge in [-0.2, -0.15) is 0 Å². The van der Waals surface area contributed by atoms with Crippen molar-refractivity contribution in [2.75, 3.05) is 172 Å². The van der Waals surface area contributed by atoms with E-state index in [2.05, 4.69) is 13.8 Å². The first kappa shape index (κ1) is 64.5. The van der Waals surface area contributed by atoms with Gasteiger partial charge in [-0.15, -0.1) is 0 Å². The predicted octanol–water partition coefficient (Wildman–Crippen LogP) is 8.11. The molecule has 0 heterocycles. The van der Waals surface area contributed by atoms with Gasteiger partial charge in [-0.25, -0.2) is 0 Å². The van der Waals surface area contributed by atoms with E-state index in [0.29, 0.717) is 171 Å². The molecule has 0 N–H and O–H groups in total. The van der Waals surface area contributed by atoms with Gasteiger partial charge < -0.3 is 66.3 Å². The second-order valence-electron chi connectivity index (χ2n) is 15.9. The molecule has 16 nitrogen and oxygen atoms in total. The normalized spacial score (nSPS) is 11.5. The van der Waals surface area contributed by atoms with Crippen molar-refractivity contribution in [3.05, 3.63) is 0 Å². The maximum absolute atomic E-state index is 11.8. The number of carbonyl (C=O) groups is 2. The van der Waals surface area contributed by atoms with Crippen LogP contribution < -0.4 is 0 Å². The van der Waals surface area contributed by atoms with Gasteiger partial charge in [0.15, 0.2) is 0 Å². The molecule has 0 rings (SSSR count). The predicted molar refractivity (Wildman–Crippen MR) is 255 cm³/mol. The smallest absolute Gasteiger partial charge is 0.305 e. The van der Waals surface area contributed by atoms with E-state index < -0.39 is 0 Å². The molecule has 0 unspecified atom stereocenters. The number of ether oxygens (including phenoxy) is 14. The van der Waals surface area contributed by atoms with E-state index in [1.807, 2.05) is 0 Å². The van der Waals surface area contributed by atoms with Crippen LogP contribution in [-0.4, -0.2) is 184 Å². The van der Waals surface area contributed by atoms with Crippen molar-refractivity contribution < 1.29 is 75.9 Å². The third kappa shape index (κ3) is 58.6. The van der Waals surface area contributed by atoms with Crippen LogP contribution in [0.1, 0.15) is 142 Å². The lowest BCUT2D eigenvalue weighted by Crippen LogP contribution is -2.16. The molecule has 0 bridgehead atoms. The quantitative estimate of drug-likeness (QED) is 0.0424. The summed E-state index contributed by atoms with van der Waals surface area (Å²) in [6.07, 6.45) is 23.1. The molecule has 0 radical (unpaired) electrons. The highest BCUT2D eigenvalue weighted by Gasteiger charge is 2.05. The fourth-order valence-corrected chi connectivity index (χ4v) is 6.25. The van der Waals surface area contributed by atoms with Crippen LogP contribution in [0.3, 0.4) is 0 Å². The van der Waals surface area contributed by atoms with Gasteiger partial charge in [-0.3, -0.25) is 9.59 Å². The maximum atomic E-state index is 11.8. The Hall–Kier alpha value is -1.54. The second-order valence-corrected chi connectivity index (χ2v) is 15.9. The molecule has 0 fully saturated rings. The van der Waals surface area contributed by atoms with E-state index in [9.17, 15) is 9.59 Å². The van der Waals surface area contributed by atoms with Gasteiger partial charge in [0.05, 0.1) is 159 Å². The summed E-state index contributed by atoms with van der Waals surface area (Å²) in [5.41, 5.74) is 0. The number of rotatable bonds is 59. The van der Waals surface area contributed by atoms with Crippen LogP contribution in [0.5, 0.6) is 0 Å². The number of hydrogen-bond donors (Lipinski definition) is 0. The van der Waals surface area contributed by atoms with E-state index in [-0.39, 0.29) is 25.2 Å². The highest BCUT2D eigenvalue weighted by molar-refractivity contribution is 5.69. The fourth-order valence-electron chi connectivity index (χ4n) is 6.25. The molecule has 394 valence electrons. The van der Waals surface area contributed by atoms with Gasteiger partial charge in [-0.1, -0.05) is 117 Å². The van der Waals surface area contributed by atoms with Crippen molar-refractivity contribution in [1.29, 1.82) is 0 Å². The molecular formula is C50H98O16. The Morgan fingerprint density at radius 1 is 0.212 bits per heavy atom. The minimum Gasteiger partial charge on any atom is -0.463 e. The Balaban J connectivity index is 3.14. The third-order valence-corrected chi connectivity index (χ3v) is 10.0. The zero-order valence-electron chi connectivity index (χ0n) is 42.1. The lowest BCUT2D eigenvalue weighted by molar-refractivity contribution is -0.146. The Morgan fingerprint density at radius 2 is 0.364 bits per heavy atom. The van der Waals surface area contributed by atoms with Crippen molar-refractivity contribution in [1.82, 2.24) is 0 Å². The molecule has 66 heavy (non-hydrogen) atoms. The van der Waals surface area contributed by atoms with Crippen molar-refractivity contribution in [3.63, 3.8) is 0 Å². The largest absolute Gasteiger partial charge is 0.463 e. The zero-order chi connectivity index (χ0) is 47.6. The van der Waals surface area contributed by atoms with Gasteiger partial charge in [0.1, 0.15) is 13.2 Å². The van der Waals surface area contributed by atoms with E-state index >= 15 is 0 Å². The Morgan fingerprint density at radius 3 is 0.545 bits per heavy atom. The second kappa shape index (κ2) is 59.6. The van der Waals surface area contributed by atoms with Crippen LogP contribution in [0.4, 0.5) is 0 Å². The molecule has 0 amide bonds. The molecule has 0 saturated carbocycles. The molecule has 0 aromatic heterocycles. The van der Waals surface area contributed by atoms with Crippen LogP contribution in [0, 0.1) is 0 Å². The van der Waals surface area contributed by atoms with Gasteiger partial charge in [-0.05, 0) is 12.8 Å². The third-order valence-electron chi connectivity index (χ3n) is 10.0. The molecule has 0 spiro atoms. The van der Waals surface area contributed by atoms with Crippen LogP contribution >= 0.6 is 0 Å². The summed E-state index contributed by atoms with van der Waals surface area (Å²) < 4.78 is 76.5. The summed E-state index contributed by atoms with van der Waals surface area (Å²) in [5.74, 6) is -0.280. The summed E-state index contributed by atoms with van der Waals surface area (Å²) in [4.78, 5) is 23.6. The van der Waals surface area contributed by atoms with Crippen LogP contribution in [0.25, 0.3) is 0 Å². The topological polar surface area (TPSA) is 163 Å². The van der Waals surface area contributed by atoms with Crippen molar-refractivity contribution >= 4 is 11.9 Å². The standard InChI is InChI=1S/C50H98O16/c1-3-5-7-9-11-13-15-17-19-21-49(51)65-47-45-63-43-41-61-39-37-59-35-33-57-31-29-55-27-25-53-23-24-54-26-28-56-30-32-58-34-36-60-38-40-62-42-44-64-46-48-66-50(52)22-20-18-16-14-12-10-8-6-4-2/h3-48H2,1-2H3. The van der Waals surface area contributed by atoms with E-state index in [1.54, 1.807) is 0 Å². The van der Waals surface area contributed by atoms with Crippen LogP contribution in [0.15, 0.2) is 0 Å². The molecule has 0 aromatic rings. The molecule has 0 aliphatic carbocycles. The van der Waals surface area contributed by atoms with Crippen LogP contribution in [0.2, 0.25) is 0 Å². The first-order valence-corrected chi connectivity index (χ1v) is 25.9. The molecule has 0 aromatic carbocycles. The number of esters is 2. The number of unbranched alkanes of at least 4 members (excludes halogenated alkanes) is 16. The van der Waals surface area contributed by atoms with Crippen molar-refractivity contribution in [3.8, 4) is 0 Å². The summed E-state index contributed by atoms with van der Waals surface area (Å²) in [5, 5.41) is 0. The number of hydrogen-bond acceptors (Lipinski definition) is 16. The molecule has 0 aliphatic heterocycles. The monoisotopic (exact) mass is 955 g/mol. The van der Waals surface area contributed by atoms with Crippen molar-refractivity contribution in [2.24, 2.45) is 0 Å². The first-order chi connectivity index (χ1) is 32.7. The molecular weight excluding hydrogens is 857 g/mol. The zero-order valence-corrected chi connectivity index (χ0v) is 42.1. The van der Waals surface area contributed by atoms with E-state index in [4.69, 9.17) is 66.3 Å². The molecule has 16 heteroatoms. The summed E-state index contributed by atoms with van der Waals surface area (Å²) >= 11 is 0. The van der Waals surface area contributed by atoms with E-state index in [0.717, 1.165) is 25.7 Å². The van der Waals surface area contributed by atoms with Gasteiger partial charge in [0.25, 0.3) is 0 Å². The van der Waals surface area contributed by atoms with Crippen molar-refractivity contribution in [2.45, 2.75) is 142 Å². The van der Waals surface area contributed by atoms with E-state index in [1.165, 1.54) is 89.9 Å². The SMILES string of the molecule is CCCCCCCCCCCC(=O)OCCOCCOCCOCCOCCOCCOCCOCCOCCOCCOCCOCCOCCOC(=O)CCCCCCCCCCC. The Labute approximate surface area is 401 Å². The average Bonchev–Trinajstić information content (AvgIpc) is 3.32. The summed E-state index contributed by atoms with van der Waals surface area (Å²) in [6, 6.07) is 0. The lowest BCUT2D eigenvalue weighted by atomic mass is 10.1. The molecule has 0 atom stereocenters. The highest BCUT2D eigenvalue weighted by Crippen LogP contribution is 2.12. The number of carbonyl (C=O) groups excluding carboxylic acids is 2. The average molecular weight is 955 g/mol. The first-order valence-electron chi connectivity index (χ1n) is 25.9. The minimum absolute atomic E-state index is 0.140. The van der Waals surface area contributed by atoms with Crippen LogP contribution in [-0.2, 0) is 75.9 Å². The lowest BCUT2D eigenvalue weighted by Gasteiger charge is -2.09. The van der Waals surface area contributed by atoms with Gasteiger partial charge >= 0.3 is 11.9 Å². The molecule has 0 saturated heterocycles. The van der Waals surface area contributed by atoms with Gasteiger partial charge in [0.2, 0.25) is 0 Å². The maximum Gasteiger partial charge on any atom is 0.305 e. The minimum atomic E-state index is -0.140. The Bertz CT molecular complexity index is 861. The summed E-state index contributed by atoms with van der Waals surface area (Å²) in [7, 11) is 0. The Kier molecular flexibility index (Phi) is 58.2. The highest BCUT2D eigenvalue weighted by atomic mass is 16.6. The fraction of sp³-hybridized carbons (Fsp3) is 0.960. The molecule has 0 aliphatic rings.